The minimum atomic E-state index is 0.417. The molecule has 0 amide bonds. The number of pyridine rings is 2. The molecular formula is C8H6ClN3. The molecule has 0 spiro atoms. The average Bonchev–Trinajstić information content (AvgIpc) is 2.04. The molecule has 2 aromatic rings. The first-order valence-corrected chi connectivity index (χ1v) is 3.82. The molecule has 0 aliphatic heterocycles. The van der Waals surface area contributed by atoms with Gasteiger partial charge in [-0.2, -0.15) is 0 Å². The Hall–Kier alpha value is -1.35. The van der Waals surface area contributed by atoms with Gasteiger partial charge >= 0.3 is 0 Å². The third-order valence-electron chi connectivity index (χ3n) is 1.54. The molecule has 12 heavy (non-hydrogen) atoms. The molecule has 0 saturated carbocycles. The lowest BCUT2D eigenvalue weighted by atomic mass is 10.3. The van der Waals surface area contributed by atoms with Crippen molar-refractivity contribution in [2.45, 2.75) is 0 Å². The molecule has 3 nitrogen and oxygen atoms in total. The molecule has 0 aliphatic rings. The highest BCUT2D eigenvalue weighted by Gasteiger charge is 2.01. The highest BCUT2D eigenvalue weighted by Crippen LogP contribution is 2.20. The zero-order valence-corrected chi connectivity index (χ0v) is 6.92. The number of hydrogen-bond acceptors (Lipinski definition) is 3. The van der Waals surface area contributed by atoms with Gasteiger partial charge in [0.2, 0.25) is 0 Å². The van der Waals surface area contributed by atoms with Crippen molar-refractivity contribution in [1.82, 2.24) is 9.97 Å². The summed E-state index contributed by atoms with van der Waals surface area (Å²) >= 11 is 5.88. The molecule has 0 bridgehead atoms. The van der Waals surface area contributed by atoms with Gasteiger partial charge in [-0.3, -0.25) is 4.98 Å². The Morgan fingerprint density at radius 2 is 2.25 bits per heavy atom. The summed E-state index contributed by atoms with van der Waals surface area (Å²) in [5.74, 6) is 0.417. The lowest BCUT2D eigenvalue weighted by Gasteiger charge is -1.98. The summed E-state index contributed by atoms with van der Waals surface area (Å²) < 4.78 is 0. The fourth-order valence-corrected chi connectivity index (χ4v) is 1.30. The number of hydrogen-bond donors (Lipinski definition) is 1. The van der Waals surface area contributed by atoms with Crippen LogP contribution in [-0.2, 0) is 0 Å². The van der Waals surface area contributed by atoms with Crippen molar-refractivity contribution in [3.05, 3.63) is 29.4 Å². The fourth-order valence-electron chi connectivity index (χ4n) is 1.04. The Morgan fingerprint density at radius 3 is 3.08 bits per heavy atom. The monoisotopic (exact) mass is 179 g/mol. The van der Waals surface area contributed by atoms with E-state index in [-0.39, 0.29) is 0 Å². The maximum absolute atomic E-state index is 5.88. The van der Waals surface area contributed by atoms with Gasteiger partial charge in [0.25, 0.3) is 0 Å². The van der Waals surface area contributed by atoms with E-state index in [2.05, 4.69) is 9.97 Å². The summed E-state index contributed by atoms with van der Waals surface area (Å²) in [6.07, 6.45) is 1.67. The van der Waals surface area contributed by atoms with E-state index in [0.29, 0.717) is 16.4 Å². The van der Waals surface area contributed by atoms with Crippen molar-refractivity contribution in [2.24, 2.45) is 0 Å². The first-order valence-electron chi connectivity index (χ1n) is 3.44. The van der Waals surface area contributed by atoms with Gasteiger partial charge in [-0.05, 0) is 12.1 Å². The summed E-state index contributed by atoms with van der Waals surface area (Å²) in [5, 5.41) is 0.540. The van der Waals surface area contributed by atoms with Crippen molar-refractivity contribution in [3.8, 4) is 0 Å². The average molecular weight is 180 g/mol. The number of halogens is 1. The van der Waals surface area contributed by atoms with Gasteiger partial charge in [0, 0.05) is 12.3 Å². The largest absolute Gasteiger partial charge is 0.384 e. The van der Waals surface area contributed by atoms with Crippen LogP contribution in [0.3, 0.4) is 0 Å². The Kier molecular flexibility index (Phi) is 1.59. The van der Waals surface area contributed by atoms with E-state index in [1.54, 1.807) is 18.3 Å². The Morgan fingerprint density at radius 1 is 1.42 bits per heavy atom. The summed E-state index contributed by atoms with van der Waals surface area (Å²) in [7, 11) is 0. The summed E-state index contributed by atoms with van der Waals surface area (Å²) in [6, 6.07) is 5.21. The van der Waals surface area contributed by atoms with Gasteiger partial charge in [-0.25, -0.2) is 4.98 Å². The van der Waals surface area contributed by atoms with Gasteiger partial charge in [-0.15, -0.1) is 0 Å². The van der Waals surface area contributed by atoms with Crippen molar-refractivity contribution < 1.29 is 0 Å². The number of nitrogen functional groups attached to an aromatic ring is 1. The van der Waals surface area contributed by atoms with Crippen LogP contribution in [-0.4, -0.2) is 9.97 Å². The summed E-state index contributed by atoms with van der Waals surface area (Å²) in [4.78, 5) is 8.14. The second-order valence-corrected chi connectivity index (χ2v) is 2.81. The Labute approximate surface area is 74.2 Å². The van der Waals surface area contributed by atoms with Gasteiger partial charge in [-0.1, -0.05) is 11.6 Å². The van der Waals surface area contributed by atoms with E-state index in [9.17, 15) is 0 Å². The summed E-state index contributed by atoms with van der Waals surface area (Å²) in [5.41, 5.74) is 6.91. The Bertz CT molecular complexity index is 428. The SMILES string of the molecule is Nc1cc(Cl)c2ncccc2n1. The number of fused-ring (bicyclic) bond motifs is 1. The molecule has 2 rings (SSSR count). The standard InChI is InChI=1S/C8H6ClN3/c9-5-4-7(10)12-6-2-1-3-11-8(5)6/h1-4H,(H2,10,12). The van der Waals surface area contributed by atoms with Crippen LogP contribution in [0.2, 0.25) is 5.02 Å². The summed E-state index contributed by atoms with van der Waals surface area (Å²) in [6.45, 7) is 0. The molecule has 2 heterocycles. The van der Waals surface area contributed by atoms with Crippen LogP contribution in [0.25, 0.3) is 11.0 Å². The quantitative estimate of drug-likeness (QED) is 0.672. The predicted octanol–water partition coefficient (Wildman–Crippen LogP) is 1.87. The minimum Gasteiger partial charge on any atom is -0.384 e. The zero-order chi connectivity index (χ0) is 8.55. The second kappa shape index (κ2) is 2.60. The van der Waals surface area contributed by atoms with Crippen LogP contribution < -0.4 is 5.73 Å². The molecule has 0 fully saturated rings. The molecule has 0 atom stereocenters. The van der Waals surface area contributed by atoms with Crippen molar-refractivity contribution in [1.29, 1.82) is 0 Å². The molecule has 2 aromatic heterocycles. The number of anilines is 1. The highest BCUT2D eigenvalue weighted by molar-refractivity contribution is 6.35. The predicted molar refractivity (Wildman–Crippen MR) is 49.0 cm³/mol. The molecule has 0 unspecified atom stereocenters. The van der Waals surface area contributed by atoms with E-state index >= 15 is 0 Å². The molecule has 4 heteroatoms. The third-order valence-corrected chi connectivity index (χ3v) is 1.82. The highest BCUT2D eigenvalue weighted by atomic mass is 35.5. The van der Waals surface area contributed by atoms with Crippen molar-refractivity contribution in [3.63, 3.8) is 0 Å². The fraction of sp³-hybridized carbons (Fsp3) is 0. The molecule has 0 aromatic carbocycles. The lowest BCUT2D eigenvalue weighted by molar-refractivity contribution is 1.34. The van der Waals surface area contributed by atoms with Gasteiger partial charge < -0.3 is 5.73 Å². The van der Waals surface area contributed by atoms with Gasteiger partial charge in [0.05, 0.1) is 10.5 Å². The molecular weight excluding hydrogens is 174 g/mol. The molecule has 2 N–H and O–H groups in total. The van der Waals surface area contributed by atoms with E-state index in [0.717, 1.165) is 5.52 Å². The molecule has 0 radical (unpaired) electrons. The molecule has 60 valence electrons. The van der Waals surface area contributed by atoms with Gasteiger partial charge in [0.15, 0.2) is 0 Å². The first-order chi connectivity index (χ1) is 5.77. The number of rotatable bonds is 0. The van der Waals surface area contributed by atoms with Crippen LogP contribution in [0, 0.1) is 0 Å². The molecule has 0 saturated heterocycles. The van der Waals surface area contributed by atoms with E-state index in [1.165, 1.54) is 0 Å². The smallest absolute Gasteiger partial charge is 0.125 e. The van der Waals surface area contributed by atoms with Crippen LogP contribution in [0.15, 0.2) is 24.4 Å². The number of nitrogens with zero attached hydrogens (tertiary/aromatic N) is 2. The second-order valence-electron chi connectivity index (χ2n) is 2.40. The molecule has 0 aliphatic carbocycles. The topological polar surface area (TPSA) is 51.8 Å². The Balaban J connectivity index is 2.89. The van der Waals surface area contributed by atoms with Gasteiger partial charge in [0.1, 0.15) is 11.3 Å². The van der Waals surface area contributed by atoms with Crippen molar-refractivity contribution in [2.75, 3.05) is 5.73 Å². The number of aromatic nitrogens is 2. The van der Waals surface area contributed by atoms with Crippen LogP contribution in [0.5, 0.6) is 0 Å². The maximum Gasteiger partial charge on any atom is 0.125 e. The van der Waals surface area contributed by atoms with Crippen LogP contribution in [0.1, 0.15) is 0 Å². The first kappa shape index (κ1) is 7.31. The third kappa shape index (κ3) is 1.08. The maximum atomic E-state index is 5.88. The van der Waals surface area contributed by atoms with Crippen molar-refractivity contribution >= 4 is 28.5 Å². The van der Waals surface area contributed by atoms with Crippen LogP contribution >= 0.6 is 11.6 Å². The number of nitrogens with two attached hydrogens (primary N) is 1. The van der Waals surface area contributed by atoms with E-state index in [1.807, 2.05) is 6.07 Å². The minimum absolute atomic E-state index is 0.417. The van der Waals surface area contributed by atoms with Crippen LogP contribution in [0.4, 0.5) is 5.82 Å². The normalized spacial score (nSPS) is 10.4. The lowest BCUT2D eigenvalue weighted by Crippen LogP contribution is -1.91. The zero-order valence-electron chi connectivity index (χ0n) is 6.16. The van der Waals surface area contributed by atoms with E-state index < -0.39 is 0 Å². The van der Waals surface area contributed by atoms with E-state index in [4.69, 9.17) is 17.3 Å².